The Bertz CT molecular complexity index is 179. The summed E-state index contributed by atoms with van der Waals surface area (Å²) in [4.78, 5) is 2.66. The first-order valence-corrected chi connectivity index (χ1v) is 5.50. The van der Waals surface area contributed by atoms with Gasteiger partial charge in [-0.25, -0.2) is 0 Å². The van der Waals surface area contributed by atoms with Crippen LogP contribution in [0.2, 0.25) is 0 Å². The van der Waals surface area contributed by atoms with Gasteiger partial charge in [0.15, 0.2) is 0 Å². The molecule has 74 valence electrons. The summed E-state index contributed by atoms with van der Waals surface area (Å²) < 4.78 is 0. The van der Waals surface area contributed by atoms with E-state index >= 15 is 0 Å². The molecular formula is C11H20N2. The van der Waals surface area contributed by atoms with Crippen molar-refractivity contribution in [3.8, 4) is 0 Å². The molecule has 0 amide bonds. The summed E-state index contributed by atoms with van der Waals surface area (Å²) in [5.41, 5.74) is 0. The Balaban J connectivity index is 1.87. The quantitative estimate of drug-likeness (QED) is 0.660. The number of fused-ring (bicyclic) bond motifs is 1. The molecule has 2 aliphatic rings. The van der Waals surface area contributed by atoms with Gasteiger partial charge < -0.3 is 5.32 Å². The van der Waals surface area contributed by atoms with Crippen LogP contribution in [0.25, 0.3) is 0 Å². The van der Waals surface area contributed by atoms with Gasteiger partial charge in [-0.1, -0.05) is 12.5 Å². The third-order valence-corrected chi connectivity index (χ3v) is 3.38. The maximum absolute atomic E-state index is 3.75. The molecule has 13 heavy (non-hydrogen) atoms. The van der Waals surface area contributed by atoms with Gasteiger partial charge in [0.1, 0.15) is 0 Å². The van der Waals surface area contributed by atoms with E-state index in [0.717, 1.165) is 18.6 Å². The Hall–Kier alpha value is -0.340. The van der Waals surface area contributed by atoms with Crippen molar-refractivity contribution in [3.05, 3.63) is 12.7 Å². The van der Waals surface area contributed by atoms with Crippen LogP contribution in [0.5, 0.6) is 0 Å². The molecule has 0 radical (unpaired) electrons. The van der Waals surface area contributed by atoms with Crippen molar-refractivity contribution >= 4 is 0 Å². The predicted octanol–water partition coefficient (Wildman–Crippen LogP) is 1.39. The molecular weight excluding hydrogens is 160 g/mol. The van der Waals surface area contributed by atoms with Crippen LogP contribution in [0.15, 0.2) is 12.7 Å². The van der Waals surface area contributed by atoms with Crippen LogP contribution in [0.1, 0.15) is 25.7 Å². The second-order valence-corrected chi connectivity index (χ2v) is 4.19. The lowest BCUT2D eigenvalue weighted by Crippen LogP contribution is -2.44. The second-order valence-electron chi connectivity index (χ2n) is 4.19. The Morgan fingerprint density at radius 3 is 3.08 bits per heavy atom. The molecule has 2 heteroatoms. The second kappa shape index (κ2) is 4.25. The highest BCUT2D eigenvalue weighted by Crippen LogP contribution is 2.26. The fourth-order valence-electron chi connectivity index (χ4n) is 2.72. The molecule has 0 bridgehead atoms. The van der Waals surface area contributed by atoms with Crippen molar-refractivity contribution < 1.29 is 0 Å². The Morgan fingerprint density at radius 2 is 2.23 bits per heavy atom. The third kappa shape index (κ3) is 1.94. The topological polar surface area (TPSA) is 15.3 Å². The van der Waals surface area contributed by atoms with E-state index in [-0.39, 0.29) is 0 Å². The summed E-state index contributed by atoms with van der Waals surface area (Å²) in [7, 11) is 0. The largest absolute Gasteiger partial charge is 0.309 e. The van der Waals surface area contributed by atoms with Gasteiger partial charge in [0.05, 0.1) is 0 Å². The lowest BCUT2D eigenvalue weighted by Gasteiger charge is -2.32. The lowest BCUT2D eigenvalue weighted by molar-refractivity contribution is 0.182. The normalized spacial score (nSPS) is 34.5. The zero-order valence-electron chi connectivity index (χ0n) is 8.34. The maximum atomic E-state index is 3.75. The highest BCUT2D eigenvalue weighted by atomic mass is 15.2. The molecule has 0 aromatic heterocycles. The highest BCUT2D eigenvalue weighted by Gasteiger charge is 2.34. The molecule has 1 N–H and O–H groups in total. The Labute approximate surface area is 81.0 Å². The van der Waals surface area contributed by atoms with Crippen molar-refractivity contribution in [2.75, 3.05) is 19.6 Å². The number of piperidine rings is 1. The molecule has 2 fully saturated rings. The van der Waals surface area contributed by atoms with Gasteiger partial charge in [-0.15, -0.1) is 6.58 Å². The first kappa shape index (κ1) is 9.22. The van der Waals surface area contributed by atoms with Crippen LogP contribution in [0, 0.1) is 0 Å². The van der Waals surface area contributed by atoms with E-state index in [4.69, 9.17) is 0 Å². The number of nitrogens with zero attached hydrogens (tertiary/aromatic N) is 1. The molecule has 2 unspecified atom stereocenters. The zero-order chi connectivity index (χ0) is 9.10. The van der Waals surface area contributed by atoms with Gasteiger partial charge in [0, 0.05) is 25.2 Å². The fraction of sp³-hybridized carbons (Fsp3) is 0.818. The average molecular weight is 180 g/mol. The molecule has 2 rings (SSSR count). The van der Waals surface area contributed by atoms with Gasteiger partial charge >= 0.3 is 0 Å². The SMILES string of the molecule is C=CCNC1CCN2CCCCC12. The van der Waals surface area contributed by atoms with E-state index in [2.05, 4.69) is 16.8 Å². The number of nitrogens with one attached hydrogen (secondary N) is 1. The summed E-state index contributed by atoms with van der Waals surface area (Å²) >= 11 is 0. The van der Waals surface area contributed by atoms with Crippen molar-refractivity contribution in [3.63, 3.8) is 0 Å². The van der Waals surface area contributed by atoms with Crippen molar-refractivity contribution in [2.45, 2.75) is 37.8 Å². The first-order valence-electron chi connectivity index (χ1n) is 5.50. The molecule has 2 atom stereocenters. The van der Waals surface area contributed by atoms with E-state index in [1.165, 1.54) is 38.8 Å². The van der Waals surface area contributed by atoms with Gasteiger partial charge in [0.25, 0.3) is 0 Å². The fourth-order valence-corrected chi connectivity index (χ4v) is 2.72. The average Bonchev–Trinajstić information content (AvgIpc) is 2.58. The minimum Gasteiger partial charge on any atom is -0.309 e. The van der Waals surface area contributed by atoms with Gasteiger partial charge in [-0.05, 0) is 25.8 Å². The van der Waals surface area contributed by atoms with Crippen molar-refractivity contribution in [2.24, 2.45) is 0 Å². The van der Waals surface area contributed by atoms with Gasteiger partial charge in [-0.3, -0.25) is 4.90 Å². The molecule has 0 aromatic carbocycles. The third-order valence-electron chi connectivity index (χ3n) is 3.38. The molecule has 0 aliphatic carbocycles. The van der Waals surface area contributed by atoms with Crippen molar-refractivity contribution in [1.82, 2.24) is 10.2 Å². The van der Waals surface area contributed by atoms with Gasteiger partial charge in [-0.2, -0.15) is 0 Å². The molecule has 0 saturated carbocycles. The van der Waals surface area contributed by atoms with Crippen molar-refractivity contribution in [1.29, 1.82) is 0 Å². The summed E-state index contributed by atoms with van der Waals surface area (Å²) in [5.74, 6) is 0. The van der Waals surface area contributed by atoms with Crippen LogP contribution in [-0.2, 0) is 0 Å². The maximum Gasteiger partial charge on any atom is 0.0249 e. The molecule has 2 saturated heterocycles. The number of rotatable bonds is 3. The Kier molecular flexibility index (Phi) is 3.01. The van der Waals surface area contributed by atoms with Crippen LogP contribution in [-0.4, -0.2) is 36.6 Å². The van der Waals surface area contributed by atoms with Crippen LogP contribution < -0.4 is 5.32 Å². The van der Waals surface area contributed by atoms with E-state index in [1.807, 2.05) is 6.08 Å². The molecule has 2 nitrogen and oxygen atoms in total. The summed E-state index contributed by atoms with van der Waals surface area (Å²) in [6.45, 7) is 7.35. The van der Waals surface area contributed by atoms with E-state index in [0.29, 0.717) is 0 Å². The lowest BCUT2D eigenvalue weighted by atomic mass is 9.99. The monoisotopic (exact) mass is 180 g/mol. The minimum atomic E-state index is 0.735. The van der Waals surface area contributed by atoms with E-state index < -0.39 is 0 Å². The van der Waals surface area contributed by atoms with Crippen LogP contribution in [0.3, 0.4) is 0 Å². The standard InChI is InChI=1S/C11H20N2/c1-2-7-12-10-6-9-13-8-4-3-5-11(10)13/h2,10-12H,1,3-9H2. The molecule has 2 aliphatic heterocycles. The number of hydrogen-bond donors (Lipinski definition) is 1. The zero-order valence-corrected chi connectivity index (χ0v) is 8.34. The first-order chi connectivity index (χ1) is 6.42. The minimum absolute atomic E-state index is 0.735. The van der Waals surface area contributed by atoms with Crippen LogP contribution in [0.4, 0.5) is 0 Å². The summed E-state index contributed by atoms with van der Waals surface area (Å²) in [6.07, 6.45) is 7.52. The van der Waals surface area contributed by atoms with Crippen LogP contribution >= 0.6 is 0 Å². The molecule has 2 heterocycles. The predicted molar refractivity (Wildman–Crippen MR) is 55.8 cm³/mol. The molecule has 0 spiro atoms. The van der Waals surface area contributed by atoms with Gasteiger partial charge in [0.2, 0.25) is 0 Å². The summed E-state index contributed by atoms with van der Waals surface area (Å²) in [5, 5.41) is 3.57. The van der Waals surface area contributed by atoms with E-state index in [9.17, 15) is 0 Å². The molecule has 0 aromatic rings. The highest BCUT2D eigenvalue weighted by molar-refractivity contribution is 4.94. The smallest absolute Gasteiger partial charge is 0.0249 e. The number of hydrogen-bond acceptors (Lipinski definition) is 2. The summed E-state index contributed by atoms with van der Waals surface area (Å²) in [6, 6.07) is 1.56. The Morgan fingerprint density at radius 1 is 1.31 bits per heavy atom. The van der Waals surface area contributed by atoms with E-state index in [1.54, 1.807) is 0 Å².